The average Bonchev–Trinajstić information content (AvgIpc) is 3.18. The highest BCUT2D eigenvalue weighted by atomic mass is 15.3. The van der Waals surface area contributed by atoms with E-state index in [1.165, 1.54) is 38.5 Å². The van der Waals surface area contributed by atoms with E-state index in [1.54, 1.807) is 0 Å². The van der Waals surface area contributed by atoms with Gasteiger partial charge in [0, 0.05) is 24.8 Å². The molecule has 4 rings (SSSR count). The molecule has 2 aromatic rings. The van der Waals surface area contributed by atoms with E-state index < -0.39 is 0 Å². The van der Waals surface area contributed by atoms with E-state index in [0.29, 0.717) is 6.04 Å². The van der Waals surface area contributed by atoms with Crippen molar-refractivity contribution in [2.45, 2.75) is 51.5 Å². The molecule has 1 aliphatic heterocycles. The number of aromatic nitrogens is 3. The summed E-state index contributed by atoms with van der Waals surface area (Å²) in [5.41, 5.74) is 2.11. The number of hydrogen-bond acceptors (Lipinski definition) is 4. The van der Waals surface area contributed by atoms with Crippen molar-refractivity contribution in [3.05, 3.63) is 11.8 Å². The fourth-order valence-corrected chi connectivity index (χ4v) is 3.56. The Hall–Kier alpha value is -1.78. The lowest BCUT2D eigenvalue weighted by molar-refractivity contribution is 0.750. The van der Waals surface area contributed by atoms with Crippen LogP contribution in [0.5, 0.6) is 0 Å². The van der Waals surface area contributed by atoms with Gasteiger partial charge >= 0.3 is 0 Å². The second-order valence-corrected chi connectivity index (χ2v) is 6.41. The molecule has 0 radical (unpaired) electrons. The molecule has 3 heterocycles. The molecule has 2 N–H and O–H groups in total. The van der Waals surface area contributed by atoms with E-state index in [0.717, 1.165) is 41.6 Å². The molecular formula is C16H23N5. The van der Waals surface area contributed by atoms with Crippen LogP contribution in [0.3, 0.4) is 0 Å². The molecule has 0 spiro atoms. The van der Waals surface area contributed by atoms with Crippen LogP contribution in [-0.4, -0.2) is 34.1 Å². The molecule has 1 saturated carbocycles. The monoisotopic (exact) mass is 285 g/mol. The molecule has 0 amide bonds. The molecule has 0 unspecified atom stereocenters. The normalized spacial score (nSPS) is 19.8. The predicted molar refractivity (Wildman–Crippen MR) is 86.0 cm³/mol. The Balaban J connectivity index is 1.73. The van der Waals surface area contributed by atoms with Crippen LogP contribution >= 0.6 is 0 Å². The first kappa shape index (κ1) is 12.9. The summed E-state index contributed by atoms with van der Waals surface area (Å²) in [5.74, 6) is 1.89. The summed E-state index contributed by atoms with van der Waals surface area (Å²) < 4.78 is 0. The lowest BCUT2D eigenvalue weighted by Gasteiger charge is -2.18. The molecule has 0 bridgehead atoms. The van der Waals surface area contributed by atoms with Crippen molar-refractivity contribution in [2.24, 2.45) is 0 Å². The lowest BCUT2D eigenvalue weighted by Crippen LogP contribution is -2.22. The van der Waals surface area contributed by atoms with E-state index in [1.807, 2.05) is 0 Å². The van der Waals surface area contributed by atoms with E-state index in [4.69, 9.17) is 9.97 Å². The summed E-state index contributed by atoms with van der Waals surface area (Å²) in [6, 6.07) is 2.73. The molecule has 21 heavy (non-hydrogen) atoms. The van der Waals surface area contributed by atoms with Gasteiger partial charge < -0.3 is 15.2 Å². The van der Waals surface area contributed by atoms with Crippen LogP contribution in [0, 0.1) is 6.92 Å². The number of nitrogens with one attached hydrogen (secondary N) is 2. The molecule has 0 atom stereocenters. The minimum Gasteiger partial charge on any atom is -0.367 e. The van der Waals surface area contributed by atoms with Crippen LogP contribution < -0.4 is 10.2 Å². The standard InChI is InChI=1S/C16H23N5/c1-11-10-13-14(17-11)19-16(21-8-4-5-9-21)20-15(13)18-12-6-2-3-7-12/h10,12H,2-9H2,1H3,(H2,17,18,19,20). The Morgan fingerprint density at radius 3 is 2.67 bits per heavy atom. The van der Waals surface area contributed by atoms with Crippen LogP contribution in [0.15, 0.2) is 6.07 Å². The zero-order valence-electron chi connectivity index (χ0n) is 12.7. The van der Waals surface area contributed by atoms with Crippen LogP contribution in [-0.2, 0) is 0 Å². The Bertz CT molecular complexity index is 635. The van der Waals surface area contributed by atoms with Crippen LogP contribution in [0.4, 0.5) is 11.8 Å². The number of hydrogen-bond donors (Lipinski definition) is 2. The van der Waals surface area contributed by atoms with Gasteiger partial charge in [-0.25, -0.2) is 0 Å². The number of rotatable bonds is 3. The first-order valence-corrected chi connectivity index (χ1v) is 8.18. The fourth-order valence-electron chi connectivity index (χ4n) is 3.56. The molecule has 112 valence electrons. The maximum absolute atomic E-state index is 4.84. The second kappa shape index (κ2) is 5.20. The van der Waals surface area contributed by atoms with Gasteiger partial charge in [0.05, 0.1) is 5.39 Å². The van der Waals surface area contributed by atoms with Gasteiger partial charge in [0.15, 0.2) is 0 Å². The van der Waals surface area contributed by atoms with Crippen molar-refractivity contribution in [3.63, 3.8) is 0 Å². The SMILES string of the molecule is Cc1cc2c(NC3CCCC3)nc(N3CCCC3)nc2[nH]1. The molecule has 2 fully saturated rings. The highest BCUT2D eigenvalue weighted by Crippen LogP contribution is 2.29. The Labute approximate surface area is 125 Å². The summed E-state index contributed by atoms with van der Waals surface area (Å²) in [7, 11) is 0. The molecular weight excluding hydrogens is 262 g/mol. The molecule has 5 nitrogen and oxygen atoms in total. The topological polar surface area (TPSA) is 56.8 Å². The van der Waals surface area contributed by atoms with Crippen molar-refractivity contribution < 1.29 is 0 Å². The van der Waals surface area contributed by atoms with Gasteiger partial charge in [-0.1, -0.05) is 12.8 Å². The van der Waals surface area contributed by atoms with Gasteiger partial charge in [-0.2, -0.15) is 9.97 Å². The van der Waals surface area contributed by atoms with E-state index in [9.17, 15) is 0 Å². The van der Waals surface area contributed by atoms with Crippen LogP contribution in [0.2, 0.25) is 0 Å². The molecule has 1 aliphatic carbocycles. The van der Waals surface area contributed by atoms with E-state index in [-0.39, 0.29) is 0 Å². The molecule has 5 heteroatoms. The fraction of sp³-hybridized carbons (Fsp3) is 0.625. The van der Waals surface area contributed by atoms with Gasteiger partial charge in [-0.05, 0) is 38.7 Å². The molecule has 2 aliphatic rings. The second-order valence-electron chi connectivity index (χ2n) is 6.41. The number of aromatic amines is 1. The summed E-state index contributed by atoms with van der Waals surface area (Å²) in [5, 5.41) is 4.79. The third kappa shape index (κ3) is 2.45. The van der Waals surface area contributed by atoms with Gasteiger partial charge in [-0.15, -0.1) is 0 Å². The van der Waals surface area contributed by atoms with Crippen molar-refractivity contribution in [1.82, 2.24) is 15.0 Å². The zero-order valence-corrected chi connectivity index (χ0v) is 12.7. The highest BCUT2D eigenvalue weighted by Gasteiger charge is 2.21. The third-order valence-corrected chi connectivity index (χ3v) is 4.70. The largest absolute Gasteiger partial charge is 0.367 e. The maximum atomic E-state index is 4.84. The summed E-state index contributed by atoms with van der Waals surface area (Å²) in [4.78, 5) is 15.2. The number of anilines is 2. The minimum atomic E-state index is 0.574. The maximum Gasteiger partial charge on any atom is 0.229 e. The Morgan fingerprint density at radius 2 is 1.90 bits per heavy atom. The molecule has 2 aromatic heterocycles. The summed E-state index contributed by atoms with van der Waals surface area (Å²) in [6.45, 7) is 4.23. The van der Waals surface area contributed by atoms with Crippen LogP contribution in [0.1, 0.15) is 44.2 Å². The minimum absolute atomic E-state index is 0.574. The Kier molecular flexibility index (Phi) is 3.20. The summed E-state index contributed by atoms with van der Waals surface area (Å²) in [6.07, 6.45) is 7.67. The zero-order chi connectivity index (χ0) is 14.2. The first-order chi connectivity index (χ1) is 10.3. The van der Waals surface area contributed by atoms with Gasteiger partial charge in [0.25, 0.3) is 0 Å². The van der Waals surface area contributed by atoms with E-state index >= 15 is 0 Å². The highest BCUT2D eigenvalue weighted by molar-refractivity contribution is 5.89. The van der Waals surface area contributed by atoms with Crippen molar-refractivity contribution in [1.29, 1.82) is 0 Å². The average molecular weight is 285 g/mol. The molecule has 0 aromatic carbocycles. The number of H-pyrrole nitrogens is 1. The van der Waals surface area contributed by atoms with Gasteiger partial charge in [-0.3, -0.25) is 0 Å². The molecule has 1 saturated heterocycles. The first-order valence-electron chi connectivity index (χ1n) is 8.18. The van der Waals surface area contributed by atoms with Gasteiger partial charge in [0.2, 0.25) is 5.95 Å². The predicted octanol–water partition coefficient (Wildman–Crippen LogP) is 3.22. The third-order valence-electron chi connectivity index (χ3n) is 4.70. The van der Waals surface area contributed by atoms with Crippen molar-refractivity contribution in [3.8, 4) is 0 Å². The Morgan fingerprint density at radius 1 is 1.14 bits per heavy atom. The van der Waals surface area contributed by atoms with E-state index in [2.05, 4.69) is 28.2 Å². The smallest absolute Gasteiger partial charge is 0.229 e. The van der Waals surface area contributed by atoms with Gasteiger partial charge in [0.1, 0.15) is 11.5 Å². The number of nitrogens with zero attached hydrogens (tertiary/aromatic N) is 3. The van der Waals surface area contributed by atoms with Crippen molar-refractivity contribution >= 4 is 22.8 Å². The quantitative estimate of drug-likeness (QED) is 0.909. The van der Waals surface area contributed by atoms with Crippen LogP contribution in [0.25, 0.3) is 11.0 Å². The lowest BCUT2D eigenvalue weighted by atomic mass is 10.2. The van der Waals surface area contributed by atoms with Crippen molar-refractivity contribution in [2.75, 3.05) is 23.3 Å². The summed E-state index contributed by atoms with van der Waals surface area (Å²) >= 11 is 0. The number of aryl methyl sites for hydroxylation is 1. The number of fused-ring (bicyclic) bond motifs is 1.